The molecule has 4 unspecified atom stereocenters. The Morgan fingerprint density at radius 1 is 1.01 bits per heavy atom. The van der Waals surface area contributed by atoms with Gasteiger partial charge in [-0.25, -0.2) is 11.7 Å². The predicted molar refractivity (Wildman–Crippen MR) is 282 cm³/mol. The number of aliphatic imine (C=N–C) groups is 2. The highest BCUT2D eigenvalue weighted by atomic mass is 16.6. The fraction of sp³-hybridized carbons (Fsp3) is 0.582. The Morgan fingerprint density at radius 3 is 2.39 bits per heavy atom. The number of hydrogen-bond acceptors (Lipinski definition) is 13. The molecule has 2 saturated heterocycles. The highest BCUT2D eigenvalue weighted by Gasteiger charge is 2.47. The number of rotatable bonds is 20. The molecule has 71 heavy (non-hydrogen) atoms. The van der Waals surface area contributed by atoms with Crippen LogP contribution in [0.4, 0.5) is 0 Å². The summed E-state index contributed by atoms with van der Waals surface area (Å²) in [5.74, 6) is 13.8. The van der Waals surface area contributed by atoms with E-state index in [0.717, 1.165) is 65.8 Å². The summed E-state index contributed by atoms with van der Waals surface area (Å²) in [4.78, 5) is 56.4. The van der Waals surface area contributed by atoms with Crippen molar-refractivity contribution in [1.82, 2.24) is 30.5 Å². The summed E-state index contributed by atoms with van der Waals surface area (Å²) in [6.45, 7) is 24.3. The number of nitrogens with zero attached hydrogens (tertiary/aromatic N) is 6. The minimum atomic E-state index is -1.26. The first-order chi connectivity index (χ1) is 34.0. The smallest absolute Gasteiger partial charge is 0.248 e. The maximum Gasteiger partial charge on any atom is 0.248 e. The van der Waals surface area contributed by atoms with Gasteiger partial charge in [0.2, 0.25) is 24.1 Å². The van der Waals surface area contributed by atoms with Crippen molar-refractivity contribution in [2.24, 2.45) is 45.3 Å². The van der Waals surface area contributed by atoms with Crippen LogP contribution in [0.25, 0.3) is 0 Å². The van der Waals surface area contributed by atoms with E-state index >= 15 is 0 Å². The van der Waals surface area contributed by atoms with E-state index < -0.39 is 24.4 Å². The summed E-state index contributed by atoms with van der Waals surface area (Å²) in [6, 6.07) is -2.70. The highest BCUT2D eigenvalue weighted by Crippen LogP contribution is 2.35. The van der Waals surface area contributed by atoms with Crippen LogP contribution >= 0.6 is 0 Å². The van der Waals surface area contributed by atoms with Crippen molar-refractivity contribution in [3.05, 3.63) is 108 Å². The maximum absolute atomic E-state index is 14.9. The molecular formula is C55H82N10O6. The summed E-state index contributed by atoms with van der Waals surface area (Å²) in [5, 5.41) is 19.7. The van der Waals surface area contributed by atoms with Gasteiger partial charge in [-0.1, -0.05) is 93.2 Å². The number of carbonyl (C=O) groups excluding carboxylic acids is 3. The molecule has 0 bridgehead atoms. The third kappa shape index (κ3) is 13.1. The minimum absolute atomic E-state index is 0.0594. The fourth-order valence-corrected chi connectivity index (χ4v) is 10.7. The van der Waals surface area contributed by atoms with Crippen LogP contribution in [0.1, 0.15) is 92.4 Å². The van der Waals surface area contributed by atoms with Gasteiger partial charge in [0, 0.05) is 51.6 Å². The first kappa shape index (κ1) is 55.1. The van der Waals surface area contributed by atoms with Gasteiger partial charge in [0.1, 0.15) is 17.7 Å². The number of fused-ring (bicyclic) bond motifs is 1. The summed E-state index contributed by atoms with van der Waals surface area (Å²) >= 11 is 0. The fourth-order valence-electron chi connectivity index (χ4n) is 10.7. The average Bonchev–Trinajstić information content (AvgIpc) is 4.08. The van der Waals surface area contributed by atoms with Crippen LogP contribution in [0.3, 0.4) is 0 Å². The van der Waals surface area contributed by atoms with E-state index in [1.807, 2.05) is 42.7 Å². The van der Waals surface area contributed by atoms with Crippen LogP contribution < -0.4 is 22.3 Å². The molecule has 0 aromatic rings. The zero-order chi connectivity index (χ0) is 51.5. The average molecular weight is 979 g/mol. The zero-order valence-electron chi connectivity index (χ0n) is 43.3. The van der Waals surface area contributed by atoms with E-state index in [9.17, 15) is 19.5 Å². The van der Waals surface area contributed by atoms with E-state index in [0.29, 0.717) is 57.8 Å². The van der Waals surface area contributed by atoms with Crippen LogP contribution in [-0.4, -0.2) is 143 Å². The first-order valence-electron chi connectivity index (χ1n) is 25.6. The van der Waals surface area contributed by atoms with Gasteiger partial charge in [0.25, 0.3) is 0 Å². The summed E-state index contributed by atoms with van der Waals surface area (Å²) in [5.41, 5.74) is 5.42. The molecule has 4 aliphatic heterocycles. The van der Waals surface area contributed by atoms with Gasteiger partial charge < -0.3 is 29.7 Å². The Balaban J connectivity index is 1.18. The molecular weight excluding hydrogens is 897 g/mol. The molecule has 6 aliphatic rings. The van der Waals surface area contributed by atoms with E-state index in [1.165, 1.54) is 12.1 Å². The number of aliphatic hydroxyl groups excluding tert-OH is 1. The standard InChI is InChI=1S/C55H82N10O6/c1-11-16-40(13-3)49(65(57)52(66)41-18-14-19-41)54(68)63-32-39(33-70-9)31-47(63)50-58-26-25-37(22-21-36(8)59-50)28-42(17-12-2)43(34(4)5)29-38-23-24-44-46(30-38)64(56)51(60-44)45-20-15-27-62(45)53(67)48(35(6)7)61-55(69)71-10/h11-13,17,21-24,28-29,35-36,39-41,44-49,55,61,69H,1-3,14-16,18-20,25-27,30-33,56-57H2,4-10H3,(H,58,59)/b22-21-,37-28-,38-29-,42-17+/t36?,39-,40?,44-,45-,46?,47-,48-,49+,55?/m0/s1. The number of methoxy groups -OCH3 is 2. The molecule has 7 N–H and O–H groups in total. The largest absolute Gasteiger partial charge is 0.384 e. The van der Waals surface area contributed by atoms with Crippen molar-refractivity contribution in [3.8, 4) is 0 Å². The minimum Gasteiger partial charge on any atom is -0.384 e. The number of nitrogens with one attached hydrogen (secondary N) is 2. The first-order valence-corrected chi connectivity index (χ1v) is 25.6. The number of amides is 3. The second-order valence-corrected chi connectivity index (χ2v) is 20.5. The van der Waals surface area contributed by atoms with Crippen molar-refractivity contribution in [2.45, 2.75) is 141 Å². The van der Waals surface area contributed by atoms with Crippen LogP contribution in [0.5, 0.6) is 0 Å². The Hall–Kier alpha value is -5.23. The quantitative estimate of drug-likeness (QED) is 0.0256. The molecule has 0 radical (unpaired) electrons. The molecule has 3 amide bonds. The summed E-state index contributed by atoms with van der Waals surface area (Å²) < 4.78 is 10.6. The van der Waals surface area contributed by atoms with Gasteiger partial charge in [-0.05, 0) is 100 Å². The Bertz CT molecular complexity index is 2220. The van der Waals surface area contributed by atoms with Gasteiger partial charge in [-0.3, -0.25) is 39.7 Å². The predicted octanol–water partition coefficient (Wildman–Crippen LogP) is 5.55. The van der Waals surface area contributed by atoms with Crippen molar-refractivity contribution in [2.75, 3.05) is 40.5 Å². The molecule has 16 nitrogen and oxygen atoms in total. The van der Waals surface area contributed by atoms with Crippen molar-refractivity contribution < 1.29 is 29.0 Å². The normalized spacial score (nSPS) is 28.8. The summed E-state index contributed by atoms with van der Waals surface area (Å²) in [6.07, 6.45) is 25.5. The number of amidine groups is 2. The second kappa shape index (κ2) is 25.4. The van der Waals surface area contributed by atoms with Crippen molar-refractivity contribution >= 4 is 29.4 Å². The molecule has 4 heterocycles. The van der Waals surface area contributed by atoms with E-state index in [-0.39, 0.29) is 65.7 Å². The number of likely N-dealkylation sites (tertiary alicyclic amines) is 2. The number of nitrogens with two attached hydrogens (primary N) is 2. The van der Waals surface area contributed by atoms with Crippen LogP contribution in [0.2, 0.25) is 0 Å². The monoisotopic (exact) mass is 979 g/mol. The van der Waals surface area contributed by atoms with Crippen molar-refractivity contribution in [1.29, 1.82) is 0 Å². The molecule has 0 aromatic heterocycles. The highest BCUT2D eigenvalue weighted by molar-refractivity contribution is 5.96. The molecule has 3 fully saturated rings. The van der Waals surface area contributed by atoms with Crippen LogP contribution in [0.15, 0.2) is 118 Å². The lowest BCUT2D eigenvalue weighted by atomic mass is 9.83. The topological polar surface area (TPSA) is 204 Å². The van der Waals surface area contributed by atoms with Gasteiger partial charge in [-0.2, -0.15) is 0 Å². The van der Waals surface area contributed by atoms with E-state index in [2.05, 4.69) is 80.7 Å². The Morgan fingerprint density at radius 2 is 1.76 bits per heavy atom. The molecule has 16 heteroatoms. The number of ether oxygens (including phenoxy) is 2. The maximum atomic E-state index is 14.9. The number of aliphatic hydroxyl groups is 1. The van der Waals surface area contributed by atoms with Gasteiger partial charge >= 0.3 is 0 Å². The third-order valence-electron chi connectivity index (χ3n) is 14.8. The van der Waals surface area contributed by atoms with Gasteiger partial charge in [0.15, 0.2) is 0 Å². The van der Waals surface area contributed by atoms with Crippen molar-refractivity contribution in [3.63, 3.8) is 0 Å². The van der Waals surface area contributed by atoms with Crippen LogP contribution in [-0.2, 0) is 23.9 Å². The molecule has 0 spiro atoms. The number of hydrogen-bond donors (Lipinski definition) is 5. The van der Waals surface area contributed by atoms with Gasteiger partial charge in [0.05, 0.1) is 42.9 Å². The molecule has 10 atom stereocenters. The Kier molecular flexibility index (Phi) is 19.7. The van der Waals surface area contributed by atoms with E-state index in [1.54, 1.807) is 24.3 Å². The lowest BCUT2D eigenvalue weighted by Crippen LogP contribution is -2.60. The molecule has 1 saturated carbocycles. The number of allylic oxidation sites excluding steroid dienone is 10. The second-order valence-electron chi connectivity index (χ2n) is 20.5. The lowest BCUT2D eigenvalue weighted by molar-refractivity contribution is -0.151. The lowest BCUT2D eigenvalue weighted by Gasteiger charge is -2.39. The molecule has 6 rings (SSSR count). The molecule has 388 valence electrons. The third-order valence-corrected chi connectivity index (χ3v) is 14.8. The van der Waals surface area contributed by atoms with Crippen LogP contribution in [0, 0.1) is 23.7 Å². The molecule has 0 aromatic carbocycles. The summed E-state index contributed by atoms with van der Waals surface area (Å²) in [7, 11) is 3.06. The number of hydrazine groups is 2. The van der Waals surface area contributed by atoms with Gasteiger partial charge in [-0.15, -0.1) is 13.2 Å². The van der Waals surface area contributed by atoms with E-state index in [4.69, 9.17) is 31.1 Å². The SMILES string of the molecule is C=C\C=C(/C=C1/C=C\C(C)/N=C(/[C@@H]2C[C@H](COC)CN2C(=O)[C@@H](C(C=C)CC=C)N(N)C(=O)C2CCC2)NCC1)C(/C=C1/C=C[C@@H]2N=C([C@@H]3CCCN3C(=O)[C@@H](NC(O)OC)C(C)C)N(N)C2C1)=C(C)C. The number of carbonyl (C=O) groups is 3. The zero-order valence-corrected chi connectivity index (χ0v) is 43.3. The molecule has 2 aliphatic carbocycles. The Labute approximate surface area is 422 Å².